The number of amides is 1. The molecule has 0 unspecified atom stereocenters. The van der Waals surface area contributed by atoms with Crippen molar-refractivity contribution in [2.75, 3.05) is 5.75 Å². The number of halogens is 4. The molecular weight excluding hydrogens is 551 g/mol. The van der Waals surface area contributed by atoms with Crippen molar-refractivity contribution < 1.29 is 36.6 Å². The molecule has 0 aromatic heterocycles. The summed E-state index contributed by atoms with van der Waals surface area (Å²) in [5.41, 5.74) is 0.346. The average Bonchev–Trinajstić information content (AvgIpc) is 2.74. The molecule has 0 spiro atoms. The zero-order chi connectivity index (χ0) is 27.9. The lowest BCUT2D eigenvalue weighted by Crippen LogP contribution is -2.56. The summed E-state index contributed by atoms with van der Waals surface area (Å²) in [6.45, 7) is 6.06. The van der Waals surface area contributed by atoms with Gasteiger partial charge in [-0.1, -0.05) is 29.3 Å². The van der Waals surface area contributed by atoms with Gasteiger partial charge in [-0.25, -0.2) is 17.2 Å². The van der Waals surface area contributed by atoms with E-state index in [1.54, 1.807) is 0 Å². The first kappa shape index (κ1) is 29.3. The Balaban J connectivity index is 2.24. The van der Waals surface area contributed by atoms with E-state index in [2.05, 4.69) is 0 Å². The molecule has 1 amide bonds. The van der Waals surface area contributed by atoms with Crippen LogP contribution in [0.15, 0.2) is 36.4 Å². The smallest absolute Gasteiger partial charge is 0.306 e. The highest BCUT2D eigenvalue weighted by atomic mass is 35.5. The van der Waals surface area contributed by atoms with Crippen LogP contribution in [0, 0.1) is 11.6 Å². The Morgan fingerprint density at radius 1 is 1.14 bits per heavy atom. The molecule has 1 N–H and O–H groups in total. The minimum Gasteiger partial charge on any atom is -0.481 e. The molecule has 1 aliphatic heterocycles. The van der Waals surface area contributed by atoms with Gasteiger partial charge in [-0.3, -0.25) is 9.59 Å². The zero-order valence-electron chi connectivity index (χ0n) is 20.5. The van der Waals surface area contributed by atoms with E-state index in [0.29, 0.717) is 0 Å². The third-order valence-corrected chi connectivity index (χ3v) is 9.47. The first-order chi connectivity index (χ1) is 17.0. The molecule has 0 bridgehead atoms. The van der Waals surface area contributed by atoms with Gasteiger partial charge in [0.25, 0.3) is 5.91 Å². The summed E-state index contributed by atoms with van der Waals surface area (Å²) in [5, 5.41) is 9.24. The Labute approximate surface area is 224 Å². The number of carbonyl (C=O) groups is 2. The molecule has 0 saturated carbocycles. The molecule has 12 heteroatoms. The number of hydrogen-bond donors (Lipinski definition) is 1. The van der Waals surface area contributed by atoms with Crippen LogP contribution in [0.5, 0.6) is 0 Å². The number of carboxylic acid groups (broad SMARTS) is 1. The molecule has 2 aromatic rings. The predicted molar refractivity (Wildman–Crippen MR) is 135 cm³/mol. The Morgan fingerprint density at radius 3 is 2.32 bits per heavy atom. The molecule has 1 aliphatic rings. The van der Waals surface area contributed by atoms with Crippen molar-refractivity contribution in [3.05, 3.63) is 69.2 Å². The van der Waals surface area contributed by atoms with Crippen molar-refractivity contribution in [3.8, 4) is 0 Å². The molecule has 1 saturated heterocycles. The third-order valence-electron chi connectivity index (χ3n) is 6.15. The van der Waals surface area contributed by atoms with Crippen LogP contribution in [0.2, 0.25) is 10.0 Å². The number of benzene rings is 2. The molecule has 0 aliphatic carbocycles. The van der Waals surface area contributed by atoms with Gasteiger partial charge in [-0.05, 0) is 69.2 Å². The van der Waals surface area contributed by atoms with E-state index >= 15 is 0 Å². The number of morpholine rings is 1. The summed E-state index contributed by atoms with van der Waals surface area (Å²) in [5.74, 6) is -4.11. The highest BCUT2D eigenvalue weighted by molar-refractivity contribution is 7.92. The maximum atomic E-state index is 14.6. The van der Waals surface area contributed by atoms with Gasteiger partial charge in [0.15, 0.2) is 9.84 Å². The van der Waals surface area contributed by atoms with Crippen LogP contribution in [0.4, 0.5) is 8.78 Å². The van der Waals surface area contributed by atoms with Gasteiger partial charge in [0.2, 0.25) is 0 Å². The van der Waals surface area contributed by atoms with E-state index in [4.69, 9.17) is 27.9 Å². The van der Waals surface area contributed by atoms with Crippen molar-refractivity contribution in [1.29, 1.82) is 0 Å². The van der Waals surface area contributed by atoms with Crippen molar-refractivity contribution in [3.63, 3.8) is 0 Å². The maximum Gasteiger partial charge on any atom is 0.306 e. The highest BCUT2D eigenvalue weighted by Gasteiger charge is 2.48. The first-order valence-electron chi connectivity index (χ1n) is 11.3. The van der Waals surface area contributed by atoms with Crippen molar-refractivity contribution in [1.82, 2.24) is 4.90 Å². The fourth-order valence-corrected chi connectivity index (χ4v) is 5.87. The van der Waals surface area contributed by atoms with Gasteiger partial charge in [0.1, 0.15) is 23.8 Å². The summed E-state index contributed by atoms with van der Waals surface area (Å²) in [6.07, 6.45) is -3.46. The Hall–Kier alpha value is -2.27. The summed E-state index contributed by atoms with van der Waals surface area (Å²) in [7, 11) is -3.75. The molecule has 202 valence electrons. The van der Waals surface area contributed by atoms with Gasteiger partial charge >= 0.3 is 5.97 Å². The van der Waals surface area contributed by atoms with Crippen LogP contribution in [-0.4, -0.2) is 52.9 Å². The quantitative estimate of drug-likeness (QED) is 0.475. The summed E-state index contributed by atoms with van der Waals surface area (Å²) < 4.78 is 59.8. The van der Waals surface area contributed by atoms with Crippen LogP contribution in [0.1, 0.15) is 57.4 Å². The molecular formula is C25H27Cl2F2NO6S. The number of aliphatic carboxylic acids is 1. The summed E-state index contributed by atoms with van der Waals surface area (Å²) in [4.78, 5) is 26.3. The number of rotatable bonds is 7. The van der Waals surface area contributed by atoms with Crippen molar-refractivity contribution >= 4 is 44.9 Å². The third kappa shape index (κ3) is 6.42. The number of carbonyl (C=O) groups excluding carboxylic acids is 1. The Kier molecular flexibility index (Phi) is 8.58. The van der Waals surface area contributed by atoms with Gasteiger partial charge in [-0.15, -0.1) is 0 Å². The first-order valence-corrected chi connectivity index (χ1v) is 13.8. The average molecular weight is 578 g/mol. The summed E-state index contributed by atoms with van der Waals surface area (Å²) >= 11 is 11.9. The van der Waals surface area contributed by atoms with Gasteiger partial charge < -0.3 is 14.7 Å². The SMILES string of the molecule is C[C@@H](CS(=O)(=O)C(C)(C)C)N1C(=O)[C@H](CC(=O)O)O[C@H](c2cc(F)cc(Cl)c2)[C@H]1c1ccc(Cl)c(F)c1. The van der Waals surface area contributed by atoms with E-state index in [1.165, 1.54) is 50.8 Å². The Morgan fingerprint density at radius 2 is 1.78 bits per heavy atom. The summed E-state index contributed by atoms with van der Waals surface area (Å²) in [6, 6.07) is 5.18. The van der Waals surface area contributed by atoms with Crippen LogP contribution >= 0.6 is 23.2 Å². The van der Waals surface area contributed by atoms with E-state index < -0.39 is 74.6 Å². The second-order valence-corrected chi connectivity index (χ2v) is 13.6. The number of ether oxygens (including phenoxy) is 1. The topological polar surface area (TPSA) is 101 Å². The molecule has 1 fully saturated rings. The largest absolute Gasteiger partial charge is 0.481 e. The standard InChI is InChI=1S/C25H27Cl2F2NO6S/c1-13(12-37(34,35)25(2,3)4)30-22(14-5-6-18(27)19(29)9-14)23(15-7-16(26)10-17(28)8-15)36-20(24(30)33)11-21(31)32/h5-10,13,20,22-23H,11-12H2,1-4H3,(H,31,32)/t13-,20-,22+,23+/m0/s1. The highest BCUT2D eigenvalue weighted by Crippen LogP contribution is 2.45. The second-order valence-electron chi connectivity index (χ2n) is 9.95. The van der Waals surface area contributed by atoms with Crippen LogP contribution in [-0.2, 0) is 24.2 Å². The second kappa shape index (κ2) is 10.8. The van der Waals surface area contributed by atoms with E-state index in [9.17, 15) is 31.9 Å². The normalized spacial score (nSPS) is 21.7. The monoisotopic (exact) mass is 577 g/mol. The van der Waals surface area contributed by atoms with Gasteiger partial charge in [0, 0.05) is 11.1 Å². The van der Waals surface area contributed by atoms with Gasteiger partial charge in [0.05, 0.1) is 28.0 Å². The minimum atomic E-state index is -3.75. The molecule has 0 radical (unpaired) electrons. The number of hydrogen-bond acceptors (Lipinski definition) is 5. The fourth-order valence-electron chi connectivity index (χ4n) is 4.22. The lowest BCUT2D eigenvalue weighted by Gasteiger charge is -2.47. The molecule has 37 heavy (non-hydrogen) atoms. The predicted octanol–water partition coefficient (Wildman–Crippen LogP) is 5.36. The Bertz CT molecular complexity index is 1290. The molecule has 2 aromatic carbocycles. The number of sulfone groups is 1. The molecule has 1 heterocycles. The lowest BCUT2D eigenvalue weighted by molar-refractivity contribution is -0.182. The molecule has 7 nitrogen and oxygen atoms in total. The lowest BCUT2D eigenvalue weighted by atomic mass is 9.90. The van der Waals surface area contributed by atoms with Crippen molar-refractivity contribution in [2.24, 2.45) is 0 Å². The fraction of sp³-hybridized carbons (Fsp3) is 0.440. The minimum absolute atomic E-state index is 0.0150. The van der Waals surface area contributed by atoms with E-state index in [1.807, 2.05) is 0 Å². The number of nitrogens with zero attached hydrogens (tertiary/aromatic N) is 1. The molecule has 4 atom stereocenters. The van der Waals surface area contributed by atoms with Crippen LogP contribution in [0.3, 0.4) is 0 Å². The van der Waals surface area contributed by atoms with E-state index in [-0.39, 0.29) is 21.2 Å². The van der Waals surface area contributed by atoms with E-state index in [0.717, 1.165) is 18.2 Å². The van der Waals surface area contributed by atoms with Crippen molar-refractivity contribution in [2.45, 2.75) is 63.2 Å². The van der Waals surface area contributed by atoms with Crippen LogP contribution < -0.4 is 0 Å². The van der Waals surface area contributed by atoms with Gasteiger partial charge in [-0.2, -0.15) is 0 Å². The zero-order valence-corrected chi connectivity index (χ0v) is 22.9. The maximum absolute atomic E-state index is 14.6. The molecule has 3 rings (SSSR count). The number of carboxylic acids is 1. The van der Waals surface area contributed by atoms with Crippen LogP contribution in [0.25, 0.3) is 0 Å².